The van der Waals surface area contributed by atoms with E-state index in [1.54, 1.807) is 19.1 Å². The summed E-state index contributed by atoms with van der Waals surface area (Å²) >= 11 is 1.32. The molecule has 0 fully saturated rings. The summed E-state index contributed by atoms with van der Waals surface area (Å²) in [6.07, 6.45) is 0. The Hall–Kier alpha value is -2.16. The second-order valence-electron chi connectivity index (χ2n) is 4.54. The molecular formula is C16H15FN2OS. The highest BCUT2D eigenvalue weighted by molar-refractivity contribution is 7.14. The van der Waals surface area contributed by atoms with Gasteiger partial charge in [0.2, 0.25) is 0 Å². The van der Waals surface area contributed by atoms with Crippen LogP contribution in [0.4, 0.5) is 10.1 Å². The number of anilines is 1. The van der Waals surface area contributed by atoms with Crippen LogP contribution >= 0.6 is 11.3 Å². The van der Waals surface area contributed by atoms with Crippen LogP contribution in [0.1, 0.15) is 25.7 Å². The highest BCUT2D eigenvalue weighted by atomic mass is 32.1. The molecule has 0 saturated carbocycles. The molecule has 0 aliphatic heterocycles. The highest BCUT2D eigenvalue weighted by Gasteiger charge is 2.13. The van der Waals surface area contributed by atoms with Crippen molar-refractivity contribution in [3.63, 3.8) is 0 Å². The molecule has 108 valence electrons. The Labute approximate surface area is 127 Å². The fourth-order valence-electron chi connectivity index (χ4n) is 1.80. The topological polar surface area (TPSA) is 55.1 Å². The minimum Gasteiger partial charge on any atom is -0.321 e. The van der Waals surface area contributed by atoms with Gasteiger partial charge in [-0.2, -0.15) is 0 Å². The molecule has 1 amide bonds. The fraction of sp³-hybridized carbons (Fsp3) is 0.188. The predicted molar refractivity (Wildman–Crippen MR) is 84.1 cm³/mol. The SMILES string of the molecule is Cc1cc(F)ccc1NC(=O)c1cc(C)c(C#CCN)s1. The van der Waals surface area contributed by atoms with Gasteiger partial charge in [0, 0.05) is 5.69 Å². The molecule has 1 heterocycles. The Morgan fingerprint density at radius 2 is 2.10 bits per heavy atom. The van der Waals surface area contributed by atoms with Crippen molar-refractivity contribution in [1.82, 2.24) is 0 Å². The van der Waals surface area contributed by atoms with E-state index in [1.165, 1.54) is 23.5 Å². The van der Waals surface area contributed by atoms with Crippen molar-refractivity contribution in [3.05, 3.63) is 51.0 Å². The van der Waals surface area contributed by atoms with Crippen molar-refractivity contribution in [3.8, 4) is 11.8 Å². The normalized spacial score (nSPS) is 9.90. The van der Waals surface area contributed by atoms with Gasteiger partial charge in [0.1, 0.15) is 5.82 Å². The lowest BCUT2D eigenvalue weighted by Crippen LogP contribution is -2.11. The quantitative estimate of drug-likeness (QED) is 0.838. The molecule has 0 atom stereocenters. The van der Waals surface area contributed by atoms with Gasteiger partial charge in [-0.1, -0.05) is 11.8 Å². The zero-order valence-electron chi connectivity index (χ0n) is 11.8. The summed E-state index contributed by atoms with van der Waals surface area (Å²) in [5, 5.41) is 2.78. The lowest BCUT2D eigenvalue weighted by Gasteiger charge is -2.06. The van der Waals surface area contributed by atoms with Gasteiger partial charge in [-0.3, -0.25) is 4.79 Å². The summed E-state index contributed by atoms with van der Waals surface area (Å²) < 4.78 is 13.0. The maximum Gasteiger partial charge on any atom is 0.265 e. The molecule has 21 heavy (non-hydrogen) atoms. The Bertz CT molecular complexity index is 740. The fourth-order valence-corrected chi connectivity index (χ4v) is 2.74. The number of amides is 1. The Morgan fingerprint density at radius 3 is 2.76 bits per heavy atom. The molecule has 2 rings (SSSR count). The third-order valence-electron chi connectivity index (χ3n) is 2.88. The number of nitrogens with two attached hydrogens (primary N) is 1. The summed E-state index contributed by atoms with van der Waals surface area (Å²) in [4.78, 5) is 13.6. The van der Waals surface area contributed by atoms with E-state index in [1.807, 2.05) is 6.92 Å². The van der Waals surface area contributed by atoms with Crippen molar-refractivity contribution < 1.29 is 9.18 Å². The molecule has 0 spiro atoms. The summed E-state index contributed by atoms with van der Waals surface area (Å²) in [6.45, 7) is 3.93. The van der Waals surface area contributed by atoms with E-state index in [-0.39, 0.29) is 18.3 Å². The van der Waals surface area contributed by atoms with Crippen molar-refractivity contribution in [2.45, 2.75) is 13.8 Å². The molecule has 0 aliphatic rings. The molecule has 0 unspecified atom stereocenters. The summed E-state index contributed by atoms with van der Waals surface area (Å²) in [5.74, 6) is 5.18. The van der Waals surface area contributed by atoms with Crippen LogP contribution in [0.2, 0.25) is 0 Å². The second-order valence-corrected chi connectivity index (χ2v) is 5.59. The number of aryl methyl sites for hydroxylation is 2. The summed E-state index contributed by atoms with van der Waals surface area (Å²) in [7, 11) is 0. The van der Waals surface area contributed by atoms with E-state index in [0.717, 1.165) is 10.4 Å². The van der Waals surface area contributed by atoms with Crippen LogP contribution in [0.25, 0.3) is 0 Å². The molecule has 3 N–H and O–H groups in total. The predicted octanol–water partition coefficient (Wildman–Crippen LogP) is 3.07. The smallest absolute Gasteiger partial charge is 0.265 e. The van der Waals surface area contributed by atoms with E-state index < -0.39 is 0 Å². The molecule has 0 radical (unpaired) electrons. The Balaban J connectivity index is 2.21. The molecule has 1 aromatic carbocycles. The van der Waals surface area contributed by atoms with Crippen LogP contribution in [-0.4, -0.2) is 12.5 Å². The molecular weight excluding hydrogens is 287 g/mol. The minimum atomic E-state index is -0.322. The first-order chi connectivity index (χ1) is 10.0. The number of hydrogen-bond acceptors (Lipinski definition) is 3. The van der Waals surface area contributed by atoms with Crippen molar-refractivity contribution >= 4 is 22.9 Å². The number of halogens is 1. The van der Waals surface area contributed by atoms with Crippen LogP contribution in [0.3, 0.4) is 0 Å². The van der Waals surface area contributed by atoms with Gasteiger partial charge in [-0.15, -0.1) is 11.3 Å². The zero-order chi connectivity index (χ0) is 15.4. The third-order valence-corrected chi connectivity index (χ3v) is 4.03. The number of thiophene rings is 1. The van der Waals surface area contributed by atoms with Gasteiger partial charge in [0.25, 0.3) is 5.91 Å². The third kappa shape index (κ3) is 3.69. The Kier molecular flexibility index (Phi) is 4.73. The lowest BCUT2D eigenvalue weighted by atomic mass is 10.2. The van der Waals surface area contributed by atoms with Crippen LogP contribution in [-0.2, 0) is 0 Å². The number of carbonyl (C=O) groups is 1. The second kappa shape index (κ2) is 6.53. The largest absolute Gasteiger partial charge is 0.321 e. The van der Waals surface area contributed by atoms with E-state index in [9.17, 15) is 9.18 Å². The van der Waals surface area contributed by atoms with Gasteiger partial charge in [0.15, 0.2) is 0 Å². The van der Waals surface area contributed by atoms with Gasteiger partial charge < -0.3 is 11.1 Å². The number of benzene rings is 1. The van der Waals surface area contributed by atoms with Crippen LogP contribution in [0, 0.1) is 31.5 Å². The summed E-state index contributed by atoms with van der Waals surface area (Å²) in [5.41, 5.74) is 7.57. The first-order valence-electron chi connectivity index (χ1n) is 6.38. The van der Waals surface area contributed by atoms with E-state index in [4.69, 9.17) is 5.73 Å². The van der Waals surface area contributed by atoms with Crippen LogP contribution in [0.15, 0.2) is 24.3 Å². The molecule has 0 saturated heterocycles. The highest BCUT2D eigenvalue weighted by Crippen LogP contribution is 2.23. The average Bonchev–Trinajstić information content (AvgIpc) is 2.81. The first kappa shape index (κ1) is 15.2. The van der Waals surface area contributed by atoms with Crippen LogP contribution < -0.4 is 11.1 Å². The van der Waals surface area contributed by atoms with Gasteiger partial charge in [0.05, 0.1) is 16.3 Å². The van der Waals surface area contributed by atoms with Gasteiger partial charge >= 0.3 is 0 Å². The standard InChI is InChI=1S/C16H15FN2OS/c1-10-8-12(17)5-6-13(10)19-16(20)15-9-11(2)14(21-15)4-3-7-18/h5-6,8-9H,7,18H2,1-2H3,(H,19,20). The number of carbonyl (C=O) groups excluding carboxylic acids is 1. The molecule has 1 aromatic heterocycles. The van der Waals surface area contributed by atoms with E-state index in [2.05, 4.69) is 17.2 Å². The molecule has 0 bridgehead atoms. The van der Waals surface area contributed by atoms with Crippen molar-refractivity contribution in [2.75, 3.05) is 11.9 Å². The van der Waals surface area contributed by atoms with Crippen molar-refractivity contribution in [1.29, 1.82) is 0 Å². The van der Waals surface area contributed by atoms with E-state index in [0.29, 0.717) is 16.1 Å². The number of nitrogens with one attached hydrogen (secondary N) is 1. The van der Waals surface area contributed by atoms with Crippen molar-refractivity contribution in [2.24, 2.45) is 5.73 Å². The molecule has 0 aliphatic carbocycles. The maximum absolute atomic E-state index is 13.0. The lowest BCUT2D eigenvalue weighted by molar-refractivity contribution is 0.103. The molecule has 2 aromatic rings. The minimum absolute atomic E-state index is 0.224. The van der Waals surface area contributed by atoms with Crippen LogP contribution in [0.5, 0.6) is 0 Å². The Morgan fingerprint density at radius 1 is 1.33 bits per heavy atom. The van der Waals surface area contributed by atoms with Gasteiger partial charge in [-0.05, 0) is 49.2 Å². The summed E-state index contributed by atoms with van der Waals surface area (Å²) in [6, 6.07) is 6.05. The maximum atomic E-state index is 13.0. The zero-order valence-corrected chi connectivity index (χ0v) is 12.6. The first-order valence-corrected chi connectivity index (χ1v) is 7.20. The molecule has 5 heteroatoms. The van der Waals surface area contributed by atoms with E-state index >= 15 is 0 Å². The number of rotatable bonds is 2. The number of hydrogen-bond donors (Lipinski definition) is 2. The monoisotopic (exact) mass is 302 g/mol. The average molecular weight is 302 g/mol. The molecule has 3 nitrogen and oxygen atoms in total. The van der Waals surface area contributed by atoms with Gasteiger partial charge in [-0.25, -0.2) is 4.39 Å².